The molecular formula is C9H21Cl3CrN3. The predicted molar refractivity (Wildman–Crippen MR) is 70.1 cm³/mol. The molecule has 0 radical (unpaired) electrons. The summed E-state index contributed by atoms with van der Waals surface area (Å²) in [5.74, 6) is 0. The Balaban J connectivity index is 0.000000487. The van der Waals surface area contributed by atoms with Crippen LogP contribution in [0.2, 0.25) is 0 Å². The Morgan fingerprint density at radius 1 is 0.625 bits per heavy atom. The third-order valence-electron chi connectivity index (χ3n) is 2.59. The van der Waals surface area contributed by atoms with E-state index in [1.165, 1.54) is 39.3 Å². The normalized spacial score (nSPS) is 21.9. The van der Waals surface area contributed by atoms with Crippen molar-refractivity contribution in [2.75, 3.05) is 60.4 Å². The Kier molecular flexibility index (Phi) is 11.0. The summed E-state index contributed by atoms with van der Waals surface area (Å²) >= 11 is -1.62. The molecule has 3 nitrogen and oxygen atoms in total. The van der Waals surface area contributed by atoms with Crippen LogP contribution in [-0.4, -0.2) is 75.1 Å². The van der Waals surface area contributed by atoms with Crippen LogP contribution in [0.15, 0.2) is 0 Å². The fourth-order valence-electron chi connectivity index (χ4n) is 1.36. The zero-order valence-electron chi connectivity index (χ0n) is 10.1. The Bertz CT molecular complexity index is 136. The van der Waals surface area contributed by atoms with Crippen LogP contribution in [0.1, 0.15) is 0 Å². The van der Waals surface area contributed by atoms with Crippen LogP contribution in [-0.2, 0) is 11.4 Å². The third-order valence-corrected chi connectivity index (χ3v) is 2.59. The van der Waals surface area contributed by atoms with Crippen LogP contribution in [0.5, 0.6) is 0 Å². The van der Waals surface area contributed by atoms with Crippen LogP contribution in [0.4, 0.5) is 0 Å². The first-order chi connectivity index (χ1) is 7.41. The van der Waals surface area contributed by atoms with E-state index in [9.17, 15) is 0 Å². The summed E-state index contributed by atoms with van der Waals surface area (Å²) in [5, 5.41) is 0. The molecule has 0 N–H and O–H groups in total. The van der Waals surface area contributed by atoms with Gasteiger partial charge < -0.3 is 14.7 Å². The van der Waals surface area contributed by atoms with Gasteiger partial charge in [0.2, 0.25) is 0 Å². The van der Waals surface area contributed by atoms with E-state index in [1.54, 1.807) is 0 Å². The summed E-state index contributed by atoms with van der Waals surface area (Å²) in [5.41, 5.74) is 0. The van der Waals surface area contributed by atoms with Crippen molar-refractivity contribution in [3.05, 3.63) is 0 Å². The van der Waals surface area contributed by atoms with Crippen molar-refractivity contribution in [1.29, 1.82) is 0 Å². The van der Waals surface area contributed by atoms with Gasteiger partial charge in [0.1, 0.15) is 0 Å². The molecule has 0 amide bonds. The molecule has 1 fully saturated rings. The van der Waals surface area contributed by atoms with Crippen LogP contribution >= 0.6 is 30.1 Å². The van der Waals surface area contributed by atoms with E-state index in [2.05, 4.69) is 35.8 Å². The molecule has 1 heterocycles. The van der Waals surface area contributed by atoms with E-state index < -0.39 is 11.4 Å². The topological polar surface area (TPSA) is 9.72 Å². The minimum absolute atomic E-state index is 1.20. The maximum atomic E-state index is 4.93. The Morgan fingerprint density at radius 3 is 0.875 bits per heavy atom. The molecule has 0 aromatic rings. The number of likely N-dealkylation sites (N-methyl/N-ethyl adjacent to an activating group) is 3. The van der Waals surface area contributed by atoms with Crippen molar-refractivity contribution in [2.45, 2.75) is 0 Å². The van der Waals surface area contributed by atoms with Gasteiger partial charge in [0.05, 0.1) is 0 Å². The molecule has 0 aromatic carbocycles. The van der Waals surface area contributed by atoms with Crippen LogP contribution in [0.3, 0.4) is 0 Å². The van der Waals surface area contributed by atoms with Gasteiger partial charge in [0.25, 0.3) is 0 Å². The van der Waals surface area contributed by atoms with Gasteiger partial charge in [-0.1, -0.05) is 0 Å². The van der Waals surface area contributed by atoms with Gasteiger partial charge in [-0.25, -0.2) is 0 Å². The van der Waals surface area contributed by atoms with Gasteiger partial charge in [-0.05, 0) is 21.1 Å². The second kappa shape index (κ2) is 10.2. The van der Waals surface area contributed by atoms with Crippen molar-refractivity contribution < 1.29 is 11.4 Å². The second-order valence-corrected chi connectivity index (χ2v) is 10.4. The first kappa shape index (κ1) is 17.3. The molecule has 0 aromatic heterocycles. The SMILES string of the molecule is CN1CCN(C)CCN(C)CC1.[Cl][Cr]([Cl])[Cl]. The molecule has 7 heteroatoms. The summed E-state index contributed by atoms with van der Waals surface area (Å²) in [4.78, 5) is 7.20. The van der Waals surface area contributed by atoms with E-state index in [-0.39, 0.29) is 0 Å². The molecule has 1 rings (SSSR count). The molecule has 1 aliphatic rings. The molecule has 0 atom stereocenters. The number of rotatable bonds is 0. The monoisotopic (exact) mass is 328 g/mol. The van der Waals surface area contributed by atoms with Gasteiger partial charge in [-0.2, -0.15) is 0 Å². The van der Waals surface area contributed by atoms with Gasteiger partial charge in [0, 0.05) is 39.3 Å². The van der Waals surface area contributed by atoms with Gasteiger partial charge in [-0.15, -0.1) is 0 Å². The molecule has 99 valence electrons. The maximum absolute atomic E-state index is 4.93. The average molecular weight is 330 g/mol. The van der Waals surface area contributed by atoms with Crippen LogP contribution < -0.4 is 0 Å². The van der Waals surface area contributed by atoms with Crippen molar-refractivity contribution >= 4 is 30.1 Å². The first-order valence-corrected chi connectivity index (χ1v) is 10.5. The van der Waals surface area contributed by atoms with E-state index in [1.807, 2.05) is 0 Å². The molecule has 0 spiro atoms. The standard InChI is InChI=1S/C9H21N3.3ClH.Cr/c1-10-4-6-11(2)8-9-12(3)7-5-10;;;;/h4-9H2,1-3H3;3*1H;/q;;;;+3/p-3. The number of hydrogen-bond acceptors (Lipinski definition) is 3. The zero-order valence-corrected chi connectivity index (χ0v) is 13.7. The van der Waals surface area contributed by atoms with E-state index in [0.717, 1.165) is 0 Å². The molecule has 1 saturated heterocycles. The van der Waals surface area contributed by atoms with Gasteiger partial charge in [0.15, 0.2) is 0 Å². The van der Waals surface area contributed by atoms with E-state index in [0.29, 0.717) is 0 Å². The Hall–Kier alpha value is 1.28. The van der Waals surface area contributed by atoms with Crippen molar-refractivity contribution in [3.63, 3.8) is 0 Å². The molecule has 16 heavy (non-hydrogen) atoms. The molecular weight excluding hydrogens is 308 g/mol. The predicted octanol–water partition coefficient (Wildman–Crippen LogP) is 1.86. The number of nitrogens with zero attached hydrogens (tertiary/aromatic N) is 3. The Labute approximate surface area is 116 Å². The molecule has 0 saturated carbocycles. The van der Waals surface area contributed by atoms with Crippen LogP contribution in [0, 0.1) is 0 Å². The van der Waals surface area contributed by atoms with Crippen molar-refractivity contribution in [3.8, 4) is 0 Å². The average Bonchev–Trinajstić information content (AvgIpc) is 2.24. The number of hydrogen-bond donors (Lipinski definition) is 0. The van der Waals surface area contributed by atoms with Crippen molar-refractivity contribution in [2.24, 2.45) is 0 Å². The fourth-order valence-corrected chi connectivity index (χ4v) is 1.36. The molecule has 1 aliphatic heterocycles. The molecule has 0 aliphatic carbocycles. The molecule has 0 unspecified atom stereocenters. The minimum atomic E-state index is -1.62. The van der Waals surface area contributed by atoms with Gasteiger partial charge in [-0.3, -0.25) is 0 Å². The number of halogens is 3. The quantitative estimate of drug-likeness (QED) is 0.672. The zero-order chi connectivity index (χ0) is 12.6. The Morgan fingerprint density at radius 2 is 0.750 bits per heavy atom. The first-order valence-electron chi connectivity index (χ1n) is 5.20. The van der Waals surface area contributed by atoms with Crippen LogP contribution in [0.25, 0.3) is 0 Å². The summed E-state index contributed by atoms with van der Waals surface area (Å²) < 4.78 is 0. The van der Waals surface area contributed by atoms with Crippen molar-refractivity contribution in [1.82, 2.24) is 14.7 Å². The summed E-state index contributed by atoms with van der Waals surface area (Å²) in [6.45, 7) is 7.19. The fraction of sp³-hybridized carbons (Fsp3) is 1.00. The third kappa shape index (κ3) is 11.8. The van der Waals surface area contributed by atoms with Gasteiger partial charge >= 0.3 is 41.5 Å². The summed E-state index contributed by atoms with van der Waals surface area (Å²) in [7, 11) is 21.4. The summed E-state index contributed by atoms with van der Waals surface area (Å²) in [6, 6.07) is 0. The van der Waals surface area contributed by atoms with E-state index in [4.69, 9.17) is 30.1 Å². The van der Waals surface area contributed by atoms with E-state index >= 15 is 0 Å². The second-order valence-electron chi connectivity index (χ2n) is 4.08. The summed E-state index contributed by atoms with van der Waals surface area (Å²) in [6.07, 6.45) is 0. The molecule has 0 bridgehead atoms.